The van der Waals surface area contributed by atoms with E-state index >= 15 is 0 Å². The van der Waals surface area contributed by atoms with Gasteiger partial charge < -0.3 is 15.0 Å². The van der Waals surface area contributed by atoms with Crippen molar-refractivity contribution >= 4 is 18.3 Å². The number of halogens is 4. The fourth-order valence-electron chi connectivity index (χ4n) is 2.16. The van der Waals surface area contributed by atoms with Crippen LogP contribution in [-0.4, -0.2) is 43.3 Å². The normalized spacial score (nSPS) is 18.3. The summed E-state index contributed by atoms with van der Waals surface area (Å²) in [4.78, 5) is 13.8. The summed E-state index contributed by atoms with van der Waals surface area (Å²) in [7, 11) is 1.84. The Morgan fingerprint density at radius 3 is 2.43 bits per heavy atom. The molecule has 2 rings (SSSR count). The molecule has 0 bridgehead atoms. The summed E-state index contributed by atoms with van der Waals surface area (Å²) in [6, 6.07) is 5.25. The molecule has 1 fully saturated rings. The molecule has 1 aromatic carbocycles. The molecule has 21 heavy (non-hydrogen) atoms. The van der Waals surface area contributed by atoms with Gasteiger partial charge in [0.05, 0.1) is 0 Å². The van der Waals surface area contributed by atoms with Crippen LogP contribution in [0.1, 0.15) is 16.8 Å². The van der Waals surface area contributed by atoms with Crippen molar-refractivity contribution in [1.82, 2.24) is 10.2 Å². The minimum Gasteiger partial charge on any atom is -0.406 e. The number of nitrogens with one attached hydrogen (secondary N) is 1. The zero-order valence-corrected chi connectivity index (χ0v) is 12.1. The minimum absolute atomic E-state index is 0. The van der Waals surface area contributed by atoms with Gasteiger partial charge in [-0.3, -0.25) is 4.79 Å². The number of rotatable bonds is 3. The lowest BCUT2D eigenvalue weighted by Gasteiger charge is -2.16. The molecule has 1 aliphatic rings. The smallest absolute Gasteiger partial charge is 0.406 e. The average molecular weight is 325 g/mol. The van der Waals surface area contributed by atoms with E-state index < -0.39 is 6.36 Å². The van der Waals surface area contributed by atoms with Crippen molar-refractivity contribution in [3.8, 4) is 5.75 Å². The molecule has 1 unspecified atom stereocenters. The molecule has 0 aromatic heterocycles. The molecule has 1 atom stereocenters. The van der Waals surface area contributed by atoms with Gasteiger partial charge in [-0.2, -0.15) is 0 Å². The monoisotopic (exact) mass is 324 g/mol. The topological polar surface area (TPSA) is 41.6 Å². The summed E-state index contributed by atoms with van der Waals surface area (Å²) in [6.07, 6.45) is -3.85. The van der Waals surface area contributed by atoms with Crippen molar-refractivity contribution in [2.45, 2.75) is 18.8 Å². The Bertz CT molecular complexity index is 479. The van der Waals surface area contributed by atoms with Crippen LogP contribution in [0.5, 0.6) is 5.75 Å². The van der Waals surface area contributed by atoms with E-state index in [1.807, 2.05) is 7.05 Å². The molecular weight excluding hydrogens is 309 g/mol. The highest BCUT2D eigenvalue weighted by Gasteiger charge is 2.31. The lowest BCUT2D eigenvalue weighted by molar-refractivity contribution is -0.274. The van der Waals surface area contributed by atoms with Crippen LogP contribution in [0, 0.1) is 0 Å². The zero-order valence-electron chi connectivity index (χ0n) is 11.3. The highest BCUT2D eigenvalue weighted by molar-refractivity contribution is 5.94. The second-order valence-corrected chi connectivity index (χ2v) is 4.60. The quantitative estimate of drug-likeness (QED) is 0.928. The highest BCUT2D eigenvalue weighted by atomic mass is 35.5. The molecule has 0 aliphatic carbocycles. The lowest BCUT2D eigenvalue weighted by Crippen LogP contribution is -2.33. The number of hydrogen-bond acceptors (Lipinski definition) is 3. The van der Waals surface area contributed by atoms with Crippen molar-refractivity contribution in [1.29, 1.82) is 0 Å². The number of carbonyl (C=O) groups is 1. The Hall–Kier alpha value is -1.47. The molecule has 1 heterocycles. The van der Waals surface area contributed by atoms with E-state index in [9.17, 15) is 18.0 Å². The molecule has 1 aromatic rings. The number of hydrogen-bond donors (Lipinski definition) is 1. The first-order valence-electron chi connectivity index (χ1n) is 6.21. The third-order valence-electron chi connectivity index (χ3n) is 3.22. The van der Waals surface area contributed by atoms with Crippen LogP contribution in [0.2, 0.25) is 0 Å². The number of amides is 1. The van der Waals surface area contributed by atoms with Crippen molar-refractivity contribution in [3.63, 3.8) is 0 Å². The molecule has 1 amide bonds. The number of nitrogens with zero attached hydrogens (tertiary/aromatic N) is 1. The zero-order chi connectivity index (χ0) is 14.8. The maximum absolute atomic E-state index is 12.1. The van der Waals surface area contributed by atoms with Crippen LogP contribution in [0.4, 0.5) is 13.2 Å². The van der Waals surface area contributed by atoms with Gasteiger partial charge in [0.1, 0.15) is 5.75 Å². The van der Waals surface area contributed by atoms with E-state index in [0.29, 0.717) is 18.7 Å². The number of benzene rings is 1. The molecular formula is C13H16ClF3N2O2. The fourth-order valence-corrected chi connectivity index (χ4v) is 2.16. The fraction of sp³-hybridized carbons (Fsp3) is 0.462. The second kappa shape index (κ2) is 7.00. The first-order chi connectivity index (χ1) is 9.39. The summed E-state index contributed by atoms with van der Waals surface area (Å²) >= 11 is 0. The van der Waals surface area contributed by atoms with E-state index in [0.717, 1.165) is 18.6 Å². The van der Waals surface area contributed by atoms with Gasteiger partial charge in [-0.1, -0.05) is 0 Å². The van der Waals surface area contributed by atoms with E-state index in [-0.39, 0.29) is 30.1 Å². The van der Waals surface area contributed by atoms with Gasteiger partial charge in [-0.25, -0.2) is 0 Å². The van der Waals surface area contributed by atoms with Crippen LogP contribution >= 0.6 is 12.4 Å². The Labute approximate surface area is 126 Å². The van der Waals surface area contributed by atoms with E-state index in [2.05, 4.69) is 10.1 Å². The standard InChI is InChI=1S/C13H15F3N2O2.ClH/c1-17-10-6-7-18(8-10)12(19)9-2-4-11(5-3-9)20-13(14,15)16;/h2-5,10,17H,6-8H2,1H3;1H. The number of ether oxygens (including phenoxy) is 1. The van der Waals surface area contributed by atoms with Gasteiger partial charge >= 0.3 is 6.36 Å². The van der Waals surface area contributed by atoms with E-state index in [1.165, 1.54) is 12.1 Å². The highest BCUT2D eigenvalue weighted by Crippen LogP contribution is 2.23. The van der Waals surface area contributed by atoms with Crippen LogP contribution in [-0.2, 0) is 0 Å². The largest absolute Gasteiger partial charge is 0.573 e. The number of carbonyl (C=O) groups excluding carboxylic acids is 1. The predicted molar refractivity (Wildman–Crippen MR) is 73.7 cm³/mol. The van der Waals surface area contributed by atoms with Crippen LogP contribution in [0.3, 0.4) is 0 Å². The molecule has 118 valence electrons. The van der Waals surface area contributed by atoms with Gasteiger partial charge in [-0.05, 0) is 37.7 Å². The summed E-state index contributed by atoms with van der Waals surface area (Å²) in [5, 5.41) is 3.10. The molecule has 1 aliphatic heterocycles. The summed E-state index contributed by atoms with van der Waals surface area (Å²) < 4.78 is 39.8. The minimum atomic E-state index is -4.72. The summed E-state index contributed by atoms with van der Waals surface area (Å²) in [5.74, 6) is -0.509. The molecule has 4 nitrogen and oxygen atoms in total. The molecule has 1 N–H and O–H groups in total. The number of likely N-dealkylation sites (tertiary alicyclic amines) is 1. The van der Waals surface area contributed by atoms with Crippen molar-refractivity contribution in [3.05, 3.63) is 29.8 Å². The maximum atomic E-state index is 12.1. The summed E-state index contributed by atoms with van der Waals surface area (Å²) in [6.45, 7) is 1.25. The first kappa shape index (κ1) is 17.6. The maximum Gasteiger partial charge on any atom is 0.573 e. The Kier molecular flexibility index (Phi) is 5.86. The summed E-state index contributed by atoms with van der Waals surface area (Å²) in [5.41, 5.74) is 0.358. The third-order valence-corrected chi connectivity index (χ3v) is 3.22. The van der Waals surface area contributed by atoms with E-state index in [4.69, 9.17) is 0 Å². The molecule has 1 saturated heterocycles. The Morgan fingerprint density at radius 1 is 1.33 bits per heavy atom. The Morgan fingerprint density at radius 2 is 1.95 bits per heavy atom. The molecule has 8 heteroatoms. The van der Waals surface area contributed by atoms with E-state index in [1.54, 1.807) is 4.90 Å². The molecule has 0 spiro atoms. The lowest BCUT2D eigenvalue weighted by atomic mass is 10.2. The SMILES string of the molecule is CNC1CCN(C(=O)c2ccc(OC(F)(F)F)cc2)C1.Cl. The van der Waals surface area contributed by atoms with Crippen molar-refractivity contribution in [2.75, 3.05) is 20.1 Å². The second-order valence-electron chi connectivity index (χ2n) is 4.60. The predicted octanol–water partition coefficient (Wildman–Crippen LogP) is 2.44. The van der Waals surface area contributed by atoms with Crippen LogP contribution < -0.4 is 10.1 Å². The van der Waals surface area contributed by atoms with Crippen molar-refractivity contribution in [2.24, 2.45) is 0 Å². The Balaban J connectivity index is 0.00000220. The number of likely N-dealkylation sites (N-methyl/N-ethyl adjacent to an activating group) is 1. The van der Waals surface area contributed by atoms with Gasteiger partial charge in [-0.15, -0.1) is 25.6 Å². The average Bonchev–Trinajstić information content (AvgIpc) is 2.85. The number of alkyl halides is 3. The first-order valence-corrected chi connectivity index (χ1v) is 6.21. The van der Waals surface area contributed by atoms with Gasteiger partial charge in [0.25, 0.3) is 5.91 Å². The van der Waals surface area contributed by atoms with Crippen LogP contribution in [0.15, 0.2) is 24.3 Å². The molecule has 0 saturated carbocycles. The van der Waals surface area contributed by atoms with Gasteiger partial charge in [0.15, 0.2) is 0 Å². The van der Waals surface area contributed by atoms with Crippen LogP contribution in [0.25, 0.3) is 0 Å². The molecule has 0 radical (unpaired) electrons. The van der Waals surface area contributed by atoms with Crippen molar-refractivity contribution < 1.29 is 22.7 Å². The third kappa shape index (κ3) is 4.78. The van der Waals surface area contributed by atoms with Gasteiger partial charge in [0, 0.05) is 24.7 Å². The van der Waals surface area contributed by atoms with Gasteiger partial charge in [0.2, 0.25) is 0 Å².